The minimum Gasteiger partial charge on any atom is -0.275 e. The first-order valence-electron chi connectivity index (χ1n) is 3.28. The molecule has 4 nitrogen and oxygen atoms in total. The van der Waals surface area contributed by atoms with E-state index in [1.54, 1.807) is 0 Å². The van der Waals surface area contributed by atoms with E-state index in [1.165, 1.54) is 18.3 Å². The van der Waals surface area contributed by atoms with Crippen LogP contribution in [0.3, 0.4) is 0 Å². The molecule has 60 valence electrons. The van der Waals surface area contributed by atoms with Crippen molar-refractivity contribution >= 4 is 16.6 Å². The topological polar surface area (TPSA) is 58.1 Å². The van der Waals surface area contributed by atoms with Crippen LogP contribution in [0.1, 0.15) is 0 Å². The van der Waals surface area contributed by atoms with Gasteiger partial charge in [0.1, 0.15) is 17.0 Å². The van der Waals surface area contributed by atoms with Crippen molar-refractivity contribution in [3.63, 3.8) is 0 Å². The standard InChI is InChI=1S/C7H4FN3O/c8-5-1-2-6(11-12)4-3-9-10-7(4)5/h1-3H,(H,9,10). The molecule has 2 aromatic rings. The number of H-pyrrole nitrogens is 1. The summed E-state index contributed by atoms with van der Waals surface area (Å²) in [5, 5.41) is 9.19. The van der Waals surface area contributed by atoms with Crippen molar-refractivity contribution < 1.29 is 4.39 Å². The summed E-state index contributed by atoms with van der Waals surface area (Å²) in [6.45, 7) is 0. The highest BCUT2D eigenvalue weighted by atomic mass is 19.1. The van der Waals surface area contributed by atoms with Gasteiger partial charge in [0.15, 0.2) is 0 Å². The smallest absolute Gasteiger partial charge is 0.148 e. The van der Waals surface area contributed by atoms with Gasteiger partial charge in [-0.2, -0.15) is 5.10 Å². The van der Waals surface area contributed by atoms with Gasteiger partial charge >= 0.3 is 0 Å². The minimum absolute atomic E-state index is 0.195. The van der Waals surface area contributed by atoms with Crippen LogP contribution in [-0.4, -0.2) is 10.2 Å². The molecule has 1 N–H and O–H groups in total. The van der Waals surface area contributed by atoms with Crippen molar-refractivity contribution in [3.8, 4) is 0 Å². The van der Waals surface area contributed by atoms with Gasteiger partial charge in [-0.3, -0.25) is 5.10 Å². The van der Waals surface area contributed by atoms with Crippen LogP contribution in [0.25, 0.3) is 10.9 Å². The molecular weight excluding hydrogens is 161 g/mol. The fraction of sp³-hybridized carbons (Fsp3) is 0. The number of halogens is 1. The van der Waals surface area contributed by atoms with Crippen LogP contribution in [0.4, 0.5) is 10.1 Å². The molecule has 0 atom stereocenters. The third kappa shape index (κ3) is 0.795. The zero-order valence-electron chi connectivity index (χ0n) is 5.91. The van der Waals surface area contributed by atoms with Crippen LogP contribution in [-0.2, 0) is 0 Å². The zero-order valence-corrected chi connectivity index (χ0v) is 5.91. The number of aromatic nitrogens is 2. The third-order valence-corrected chi connectivity index (χ3v) is 1.64. The highest BCUT2D eigenvalue weighted by Gasteiger charge is 2.06. The molecule has 0 aliphatic rings. The number of nitrogens with one attached hydrogen (secondary N) is 1. The van der Waals surface area contributed by atoms with Crippen molar-refractivity contribution in [2.45, 2.75) is 0 Å². The fourth-order valence-corrected chi connectivity index (χ4v) is 1.07. The Balaban J connectivity index is 2.91. The van der Waals surface area contributed by atoms with Crippen LogP contribution >= 0.6 is 0 Å². The quantitative estimate of drug-likeness (QED) is 0.657. The summed E-state index contributed by atoms with van der Waals surface area (Å²) in [7, 11) is 0. The Bertz CT molecular complexity index is 437. The molecule has 0 spiro atoms. The second-order valence-corrected chi connectivity index (χ2v) is 2.32. The molecule has 2 rings (SSSR count). The molecule has 0 unspecified atom stereocenters. The van der Waals surface area contributed by atoms with Crippen LogP contribution in [0.5, 0.6) is 0 Å². The lowest BCUT2D eigenvalue weighted by Gasteiger charge is -1.92. The second-order valence-electron chi connectivity index (χ2n) is 2.32. The van der Waals surface area contributed by atoms with Gasteiger partial charge in [-0.05, 0) is 17.3 Å². The number of benzene rings is 1. The minimum atomic E-state index is -0.435. The SMILES string of the molecule is O=Nc1ccc(F)c2[nH]ncc12. The van der Waals surface area contributed by atoms with Gasteiger partial charge in [-0.1, -0.05) is 0 Å². The Morgan fingerprint density at radius 3 is 3.08 bits per heavy atom. The van der Waals surface area contributed by atoms with Gasteiger partial charge in [-0.15, -0.1) is 4.91 Å². The maximum Gasteiger partial charge on any atom is 0.148 e. The Morgan fingerprint density at radius 2 is 2.33 bits per heavy atom. The van der Waals surface area contributed by atoms with Gasteiger partial charge in [0.2, 0.25) is 0 Å². The number of hydrogen-bond donors (Lipinski definition) is 1. The van der Waals surface area contributed by atoms with Gasteiger partial charge in [0.05, 0.1) is 11.6 Å². The maximum absolute atomic E-state index is 12.9. The summed E-state index contributed by atoms with van der Waals surface area (Å²) in [4.78, 5) is 10.2. The first-order valence-corrected chi connectivity index (χ1v) is 3.28. The van der Waals surface area contributed by atoms with E-state index in [4.69, 9.17) is 0 Å². The van der Waals surface area contributed by atoms with Crippen molar-refractivity contribution in [3.05, 3.63) is 29.1 Å². The van der Waals surface area contributed by atoms with Gasteiger partial charge in [-0.25, -0.2) is 4.39 Å². The van der Waals surface area contributed by atoms with E-state index in [2.05, 4.69) is 15.4 Å². The van der Waals surface area contributed by atoms with Crippen molar-refractivity contribution in [2.24, 2.45) is 5.18 Å². The van der Waals surface area contributed by atoms with Crippen molar-refractivity contribution in [2.75, 3.05) is 0 Å². The molecule has 1 heterocycles. The molecule has 0 saturated heterocycles. The lowest BCUT2D eigenvalue weighted by molar-refractivity contribution is 0.636. The molecule has 0 aliphatic heterocycles. The Morgan fingerprint density at radius 1 is 1.50 bits per heavy atom. The summed E-state index contributed by atoms with van der Waals surface area (Å²) >= 11 is 0. The number of fused-ring (bicyclic) bond motifs is 1. The molecule has 0 fully saturated rings. The summed E-state index contributed by atoms with van der Waals surface area (Å²) in [5.74, 6) is -0.435. The Labute approximate surface area is 66.4 Å². The van der Waals surface area contributed by atoms with Crippen LogP contribution in [0.15, 0.2) is 23.5 Å². The highest BCUT2D eigenvalue weighted by molar-refractivity contribution is 5.89. The van der Waals surface area contributed by atoms with E-state index < -0.39 is 5.82 Å². The fourth-order valence-electron chi connectivity index (χ4n) is 1.07. The molecule has 0 saturated carbocycles. The van der Waals surface area contributed by atoms with Gasteiger partial charge < -0.3 is 0 Å². The lowest BCUT2D eigenvalue weighted by Crippen LogP contribution is -1.76. The number of aromatic amines is 1. The first kappa shape index (κ1) is 6.90. The van der Waals surface area contributed by atoms with Crippen molar-refractivity contribution in [1.82, 2.24) is 10.2 Å². The van der Waals surface area contributed by atoms with E-state index in [0.29, 0.717) is 5.39 Å². The third-order valence-electron chi connectivity index (χ3n) is 1.64. The molecule has 5 heteroatoms. The van der Waals surface area contributed by atoms with E-state index in [1.807, 2.05) is 0 Å². The summed E-state index contributed by atoms with van der Waals surface area (Å²) in [5.41, 5.74) is 0.409. The van der Waals surface area contributed by atoms with E-state index in [-0.39, 0.29) is 11.2 Å². The number of nitroso groups, excluding NO2 is 1. The maximum atomic E-state index is 12.9. The monoisotopic (exact) mass is 165 g/mol. The average Bonchev–Trinajstić information content (AvgIpc) is 2.54. The highest BCUT2D eigenvalue weighted by Crippen LogP contribution is 2.25. The molecule has 12 heavy (non-hydrogen) atoms. The molecule has 1 aromatic carbocycles. The van der Waals surface area contributed by atoms with E-state index in [0.717, 1.165) is 0 Å². The predicted molar refractivity (Wildman–Crippen MR) is 41.5 cm³/mol. The second kappa shape index (κ2) is 2.37. The molecule has 0 amide bonds. The lowest BCUT2D eigenvalue weighted by atomic mass is 10.2. The predicted octanol–water partition coefficient (Wildman–Crippen LogP) is 2.10. The van der Waals surface area contributed by atoms with Crippen molar-refractivity contribution in [1.29, 1.82) is 0 Å². The largest absolute Gasteiger partial charge is 0.275 e. The number of hydrogen-bond acceptors (Lipinski definition) is 3. The summed E-state index contributed by atoms with van der Waals surface area (Å²) in [6, 6.07) is 2.50. The van der Waals surface area contributed by atoms with Gasteiger partial charge in [0, 0.05) is 0 Å². The average molecular weight is 165 g/mol. The number of nitrogens with zero attached hydrogens (tertiary/aromatic N) is 2. The summed E-state index contributed by atoms with van der Waals surface area (Å²) < 4.78 is 12.9. The first-order chi connectivity index (χ1) is 5.83. The normalized spacial score (nSPS) is 10.4. The molecule has 0 radical (unpaired) electrons. The van der Waals surface area contributed by atoms with Gasteiger partial charge in [0.25, 0.3) is 0 Å². The zero-order chi connectivity index (χ0) is 8.55. The number of rotatable bonds is 1. The Hall–Kier alpha value is -1.78. The Kier molecular flexibility index (Phi) is 1.36. The molecule has 0 bridgehead atoms. The van der Waals surface area contributed by atoms with E-state index >= 15 is 0 Å². The molecule has 1 aromatic heterocycles. The molecule has 0 aliphatic carbocycles. The van der Waals surface area contributed by atoms with Crippen LogP contribution < -0.4 is 0 Å². The van der Waals surface area contributed by atoms with Crippen LogP contribution in [0.2, 0.25) is 0 Å². The summed E-state index contributed by atoms with van der Waals surface area (Å²) in [6.07, 6.45) is 1.37. The molecular formula is C7H4FN3O. The van der Waals surface area contributed by atoms with Crippen LogP contribution in [0, 0.1) is 10.7 Å². The van der Waals surface area contributed by atoms with E-state index in [9.17, 15) is 9.30 Å².